The Hall–Kier alpha value is -1.17. The van der Waals surface area contributed by atoms with Gasteiger partial charge in [-0.05, 0) is 41.6 Å². The zero-order valence-electron chi connectivity index (χ0n) is 12.4. The van der Waals surface area contributed by atoms with Crippen LogP contribution >= 0.6 is 23.7 Å². The molecule has 1 aromatic carbocycles. The number of rotatable bonds is 4. The van der Waals surface area contributed by atoms with Crippen molar-refractivity contribution in [2.45, 2.75) is 13.8 Å². The Morgan fingerprint density at radius 1 is 1.38 bits per heavy atom. The number of hydrogen-bond acceptors (Lipinski definition) is 3. The van der Waals surface area contributed by atoms with Crippen molar-refractivity contribution in [3.63, 3.8) is 0 Å². The molecule has 0 fully saturated rings. The van der Waals surface area contributed by atoms with Crippen LogP contribution in [0, 0.1) is 11.2 Å². The van der Waals surface area contributed by atoms with Gasteiger partial charge in [-0.1, -0.05) is 13.8 Å². The average Bonchev–Trinajstić information content (AvgIpc) is 2.80. The molecule has 6 heteroatoms. The van der Waals surface area contributed by atoms with E-state index in [1.807, 2.05) is 13.8 Å². The minimum atomic E-state index is -0.285. The summed E-state index contributed by atoms with van der Waals surface area (Å²) in [4.78, 5) is 14.7. The summed E-state index contributed by atoms with van der Waals surface area (Å²) < 4.78 is 14.1. The molecule has 3 nitrogen and oxygen atoms in total. The molecule has 0 saturated carbocycles. The highest BCUT2D eigenvalue weighted by Crippen LogP contribution is 2.27. The molecular formula is C15H20ClFN2OS. The third kappa shape index (κ3) is 4.15. The summed E-state index contributed by atoms with van der Waals surface area (Å²) in [6.45, 7) is 5.15. The van der Waals surface area contributed by atoms with Crippen LogP contribution in [0.1, 0.15) is 23.5 Å². The van der Waals surface area contributed by atoms with Crippen LogP contribution in [-0.2, 0) is 0 Å². The highest BCUT2D eigenvalue weighted by Gasteiger charge is 2.23. The van der Waals surface area contributed by atoms with Crippen molar-refractivity contribution in [3.8, 4) is 0 Å². The first-order valence-electron chi connectivity index (χ1n) is 6.47. The molecule has 21 heavy (non-hydrogen) atoms. The molecule has 0 bridgehead atoms. The van der Waals surface area contributed by atoms with Gasteiger partial charge >= 0.3 is 0 Å². The van der Waals surface area contributed by atoms with E-state index >= 15 is 0 Å². The summed E-state index contributed by atoms with van der Waals surface area (Å²) in [6, 6.07) is 6.31. The highest BCUT2D eigenvalue weighted by atomic mass is 35.5. The van der Waals surface area contributed by atoms with Crippen molar-refractivity contribution in [3.05, 3.63) is 35.0 Å². The first kappa shape index (κ1) is 17.9. The van der Waals surface area contributed by atoms with Crippen molar-refractivity contribution in [1.29, 1.82) is 0 Å². The second-order valence-electron chi connectivity index (χ2n) is 5.82. The summed E-state index contributed by atoms with van der Waals surface area (Å²) >= 11 is 1.39. The van der Waals surface area contributed by atoms with Gasteiger partial charge in [0.25, 0.3) is 5.91 Å². The second-order valence-corrected chi connectivity index (χ2v) is 6.91. The largest absolute Gasteiger partial charge is 0.340 e. The van der Waals surface area contributed by atoms with Gasteiger partial charge in [-0.25, -0.2) is 4.39 Å². The molecule has 0 saturated heterocycles. The number of nitrogens with two attached hydrogens (primary N) is 1. The number of thiophene rings is 1. The molecule has 116 valence electrons. The van der Waals surface area contributed by atoms with Gasteiger partial charge in [0.2, 0.25) is 0 Å². The summed E-state index contributed by atoms with van der Waals surface area (Å²) in [5.74, 6) is -0.333. The topological polar surface area (TPSA) is 46.3 Å². The van der Waals surface area contributed by atoms with E-state index in [1.165, 1.54) is 23.5 Å². The molecule has 0 aliphatic carbocycles. The fraction of sp³-hybridized carbons (Fsp3) is 0.400. The molecule has 2 rings (SSSR count). The quantitative estimate of drug-likeness (QED) is 0.932. The lowest BCUT2D eigenvalue weighted by Crippen LogP contribution is -2.39. The van der Waals surface area contributed by atoms with Gasteiger partial charge in [0.15, 0.2) is 0 Å². The lowest BCUT2D eigenvalue weighted by Gasteiger charge is -2.28. The monoisotopic (exact) mass is 330 g/mol. The van der Waals surface area contributed by atoms with Gasteiger partial charge in [-0.3, -0.25) is 4.79 Å². The van der Waals surface area contributed by atoms with Gasteiger partial charge < -0.3 is 10.6 Å². The predicted molar refractivity (Wildman–Crippen MR) is 88.8 cm³/mol. The molecule has 1 heterocycles. The third-order valence-electron chi connectivity index (χ3n) is 3.25. The Balaban J connectivity index is 0.00000220. The minimum Gasteiger partial charge on any atom is -0.340 e. The standard InChI is InChI=1S/C15H19FN2OS.ClH/c1-15(2,8-17)9-18(3)14(19)13-7-10-6-11(16)4-5-12(10)20-13;/h4-7H,8-9,17H2,1-3H3;1H. The molecule has 0 unspecified atom stereocenters. The summed E-state index contributed by atoms with van der Waals surface area (Å²) in [5, 5.41) is 0.768. The summed E-state index contributed by atoms with van der Waals surface area (Å²) in [7, 11) is 1.77. The maximum atomic E-state index is 13.2. The van der Waals surface area contributed by atoms with Crippen molar-refractivity contribution in [2.75, 3.05) is 20.1 Å². The molecule has 0 aliphatic heterocycles. The molecule has 2 N–H and O–H groups in total. The average molecular weight is 331 g/mol. The van der Waals surface area contributed by atoms with Gasteiger partial charge in [-0.2, -0.15) is 0 Å². The molecule has 0 spiro atoms. The number of nitrogens with zero attached hydrogens (tertiary/aromatic N) is 1. The molecular weight excluding hydrogens is 311 g/mol. The van der Waals surface area contributed by atoms with Gasteiger partial charge in [0, 0.05) is 18.3 Å². The first-order valence-corrected chi connectivity index (χ1v) is 7.29. The second kappa shape index (κ2) is 6.73. The van der Waals surface area contributed by atoms with Crippen molar-refractivity contribution in [1.82, 2.24) is 4.90 Å². The number of fused-ring (bicyclic) bond motifs is 1. The molecule has 0 aliphatic rings. The van der Waals surface area contributed by atoms with Crippen LogP contribution in [0.2, 0.25) is 0 Å². The maximum Gasteiger partial charge on any atom is 0.263 e. The van der Waals surface area contributed by atoms with E-state index in [-0.39, 0.29) is 29.5 Å². The first-order chi connectivity index (χ1) is 9.32. The molecule has 1 amide bonds. The van der Waals surface area contributed by atoms with E-state index < -0.39 is 0 Å². The van der Waals surface area contributed by atoms with Gasteiger partial charge in [-0.15, -0.1) is 23.7 Å². The maximum absolute atomic E-state index is 13.2. The van der Waals surface area contributed by atoms with Crippen LogP contribution in [0.15, 0.2) is 24.3 Å². The highest BCUT2D eigenvalue weighted by molar-refractivity contribution is 7.20. The Morgan fingerprint density at radius 2 is 2.05 bits per heavy atom. The Bertz CT molecular complexity index is 642. The van der Waals surface area contributed by atoms with Crippen molar-refractivity contribution < 1.29 is 9.18 Å². The lowest BCUT2D eigenvalue weighted by atomic mass is 9.93. The molecule has 0 atom stereocenters. The van der Waals surface area contributed by atoms with Crippen LogP contribution in [0.25, 0.3) is 10.1 Å². The van der Waals surface area contributed by atoms with Gasteiger partial charge in [0.05, 0.1) is 4.88 Å². The number of halogens is 2. The Kier molecular flexibility index (Phi) is 5.73. The fourth-order valence-corrected chi connectivity index (χ4v) is 3.12. The number of hydrogen-bond donors (Lipinski definition) is 1. The Morgan fingerprint density at radius 3 is 2.67 bits per heavy atom. The third-order valence-corrected chi connectivity index (χ3v) is 4.36. The van der Waals surface area contributed by atoms with Crippen LogP contribution in [0.5, 0.6) is 0 Å². The molecule has 1 aromatic heterocycles. The smallest absolute Gasteiger partial charge is 0.263 e. The number of carbonyl (C=O) groups excluding carboxylic acids is 1. The fourth-order valence-electron chi connectivity index (χ4n) is 2.09. The summed E-state index contributed by atoms with van der Waals surface area (Å²) in [5.41, 5.74) is 5.58. The number of benzene rings is 1. The van der Waals surface area contributed by atoms with Crippen molar-refractivity contribution >= 4 is 39.7 Å². The van der Waals surface area contributed by atoms with E-state index in [4.69, 9.17) is 5.73 Å². The lowest BCUT2D eigenvalue weighted by molar-refractivity contribution is 0.0745. The number of carbonyl (C=O) groups is 1. The SMILES string of the molecule is CN(CC(C)(C)CN)C(=O)c1cc2cc(F)ccc2s1.Cl. The normalized spacial score (nSPS) is 11.3. The van der Waals surface area contributed by atoms with Crippen LogP contribution in [-0.4, -0.2) is 30.9 Å². The van der Waals surface area contributed by atoms with E-state index in [0.717, 1.165) is 10.1 Å². The van der Waals surface area contributed by atoms with E-state index in [0.29, 0.717) is 18.0 Å². The predicted octanol–water partition coefficient (Wildman–Crippen LogP) is 3.52. The number of amides is 1. The molecule has 0 radical (unpaired) electrons. The van der Waals surface area contributed by atoms with Gasteiger partial charge in [0.1, 0.15) is 5.82 Å². The van der Waals surface area contributed by atoms with E-state index in [9.17, 15) is 9.18 Å². The molecule has 2 aromatic rings. The van der Waals surface area contributed by atoms with E-state index in [1.54, 1.807) is 24.1 Å². The van der Waals surface area contributed by atoms with Crippen LogP contribution < -0.4 is 5.73 Å². The van der Waals surface area contributed by atoms with Crippen LogP contribution in [0.3, 0.4) is 0 Å². The van der Waals surface area contributed by atoms with E-state index in [2.05, 4.69) is 0 Å². The summed E-state index contributed by atoms with van der Waals surface area (Å²) in [6.07, 6.45) is 0. The zero-order valence-corrected chi connectivity index (χ0v) is 14.0. The van der Waals surface area contributed by atoms with Crippen LogP contribution in [0.4, 0.5) is 4.39 Å². The minimum absolute atomic E-state index is 0. The van der Waals surface area contributed by atoms with Crippen molar-refractivity contribution in [2.24, 2.45) is 11.1 Å². The Labute approximate surface area is 134 Å². The zero-order chi connectivity index (χ0) is 14.9.